The Morgan fingerprint density at radius 1 is 1.15 bits per heavy atom. The zero-order valence-corrected chi connectivity index (χ0v) is 15.9. The van der Waals surface area contributed by atoms with Crippen LogP contribution in [0, 0.1) is 23.7 Å². The van der Waals surface area contributed by atoms with E-state index in [-0.39, 0.29) is 24.3 Å². The highest BCUT2D eigenvalue weighted by molar-refractivity contribution is 7.16. The molecule has 0 aromatic carbocycles. The second kappa shape index (κ2) is 7.78. The van der Waals surface area contributed by atoms with Gasteiger partial charge in [0, 0.05) is 4.88 Å². The molecule has 1 aromatic rings. The maximum Gasteiger partial charge on any atom is 0.341 e. The number of aliphatic carboxylic acids is 1. The van der Waals surface area contributed by atoms with Crippen molar-refractivity contribution >= 4 is 34.2 Å². The van der Waals surface area contributed by atoms with Crippen LogP contribution < -0.4 is 5.32 Å². The number of carbonyl (C=O) groups excluding carboxylic acids is 2. The first-order valence-corrected chi connectivity index (χ1v) is 10.1. The number of fused-ring (bicyclic) bond motifs is 3. The standard InChI is InChI=1S/C19H25NO5S/c1-3-12-9-13(19(24)25-4-2)17(26-12)20-16(21)14-10-5-7-11(8-6-10)15(14)18(22)23/h9-11,14-15H,3-8H2,1-2H3,(H,20,21)(H,22,23)/t10?,11?,14-,15-/m0/s1. The second-order valence-electron chi connectivity index (χ2n) is 7.08. The van der Waals surface area contributed by atoms with E-state index in [9.17, 15) is 19.5 Å². The zero-order chi connectivity index (χ0) is 18.8. The van der Waals surface area contributed by atoms with Crippen LogP contribution in [-0.2, 0) is 20.7 Å². The molecule has 0 spiro atoms. The molecule has 1 heterocycles. The van der Waals surface area contributed by atoms with Gasteiger partial charge < -0.3 is 15.2 Å². The van der Waals surface area contributed by atoms with Gasteiger partial charge >= 0.3 is 11.9 Å². The maximum atomic E-state index is 13.0. The SMILES string of the molecule is CCOC(=O)c1cc(CC)sc1NC(=O)[C@H]1C2CCC(CC2)[C@@H]1C(=O)O. The van der Waals surface area contributed by atoms with Crippen LogP contribution in [0.2, 0.25) is 0 Å². The van der Waals surface area contributed by atoms with Crippen molar-refractivity contribution < 1.29 is 24.2 Å². The molecule has 3 saturated carbocycles. The molecule has 6 nitrogen and oxygen atoms in total. The van der Waals surface area contributed by atoms with Crippen molar-refractivity contribution in [3.05, 3.63) is 16.5 Å². The Morgan fingerprint density at radius 3 is 2.31 bits per heavy atom. The summed E-state index contributed by atoms with van der Waals surface area (Å²) in [6.07, 6.45) is 4.33. The molecule has 1 amide bonds. The van der Waals surface area contributed by atoms with Gasteiger partial charge in [-0.3, -0.25) is 9.59 Å². The summed E-state index contributed by atoms with van der Waals surface area (Å²) in [6, 6.07) is 1.75. The minimum absolute atomic E-state index is 0.0762. The highest BCUT2D eigenvalue weighted by Gasteiger charge is 2.50. The van der Waals surface area contributed by atoms with Gasteiger partial charge in [0.15, 0.2) is 0 Å². The van der Waals surface area contributed by atoms with Crippen LogP contribution in [0.15, 0.2) is 6.07 Å². The van der Waals surface area contributed by atoms with E-state index in [1.165, 1.54) is 11.3 Å². The van der Waals surface area contributed by atoms with Crippen LogP contribution >= 0.6 is 11.3 Å². The van der Waals surface area contributed by atoms with Crippen molar-refractivity contribution in [2.75, 3.05) is 11.9 Å². The number of carboxylic acid groups (broad SMARTS) is 1. The number of anilines is 1. The van der Waals surface area contributed by atoms with Gasteiger partial charge in [0.2, 0.25) is 5.91 Å². The van der Waals surface area contributed by atoms with E-state index in [1.54, 1.807) is 13.0 Å². The maximum absolute atomic E-state index is 13.0. The van der Waals surface area contributed by atoms with E-state index in [1.807, 2.05) is 6.92 Å². The number of carboxylic acids is 1. The Kier molecular flexibility index (Phi) is 5.65. The summed E-state index contributed by atoms with van der Waals surface area (Å²) in [5.41, 5.74) is 0.356. The first-order valence-electron chi connectivity index (χ1n) is 9.29. The predicted molar refractivity (Wildman–Crippen MR) is 98.3 cm³/mol. The number of nitrogens with one attached hydrogen (secondary N) is 1. The van der Waals surface area contributed by atoms with E-state index in [0.717, 1.165) is 37.0 Å². The molecule has 3 fully saturated rings. The second-order valence-corrected chi connectivity index (χ2v) is 8.22. The Labute approximate surface area is 156 Å². The van der Waals surface area contributed by atoms with E-state index < -0.39 is 23.8 Å². The summed E-state index contributed by atoms with van der Waals surface area (Å²) in [6.45, 7) is 3.98. The third kappa shape index (κ3) is 3.49. The van der Waals surface area contributed by atoms with E-state index in [2.05, 4.69) is 5.32 Å². The van der Waals surface area contributed by atoms with Crippen molar-refractivity contribution in [1.29, 1.82) is 0 Å². The minimum Gasteiger partial charge on any atom is -0.481 e. The molecule has 2 bridgehead atoms. The fourth-order valence-electron chi connectivity index (χ4n) is 4.45. The van der Waals surface area contributed by atoms with Crippen LogP contribution in [-0.4, -0.2) is 29.6 Å². The molecule has 3 aliphatic carbocycles. The molecule has 3 aliphatic rings. The largest absolute Gasteiger partial charge is 0.481 e. The van der Waals surface area contributed by atoms with Crippen LogP contribution in [0.3, 0.4) is 0 Å². The molecule has 0 saturated heterocycles. The van der Waals surface area contributed by atoms with Gasteiger partial charge in [-0.1, -0.05) is 6.92 Å². The van der Waals surface area contributed by atoms with Gasteiger partial charge in [0.05, 0.1) is 24.0 Å². The summed E-state index contributed by atoms with van der Waals surface area (Å²) >= 11 is 1.36. The smallest absolute Gasteiger partial charge is 0.341 e. The number of esters is 1. The van der Waals surface area contributed by atoms with Crippen molar-refractivity contribution in [3.63, 3.8) is 0 Å². The Bertz CT molecular complexity index is 705. The summed E-state index contributed by atoms with van der Waals surface area (Å²) in [7, 11) is 0. The minimum atomic E-state index is -0.884. The number of amides is 1. The molecule has 0 radical (unpaired) electrons. The first kappa shape index (κ1) is 18.9. The van der Waals surface area contributed by atoms with Gasteiger partial charge in [0.1, 0.15) is 5.00 Å². The topological polar surface area (TPSA) is 92.7 Å². The van der Waals surface area contributed by atoms with Crippen LogP contribution in [0.25, 0.3) is 0 Å². The molecular weight excluding hydrogens is 354 g/mol. The number of hydrogen-bond acceptors (Lipinski definition) is 5. The number of hydrogen-bond donors (Lipinski definition) is 2. The first-order chi connectivity index (χ1) is 12.5. The molecule has 0 unspecified atom stereocenters. The normalized spacial score (nSPS) is 27.2. The summed E-state index contributed by atoms with van der Waals surface area (Å²) in [5, 5.41) is 13.0. The van der Waals surface area contributed by atoms with Gasteiger partial charge in [0.25, 0.3) is 0 Å². The van der Waals surface area contributed by atoms with Crippen molar-refractivity contribution in [1.82, 2.24) is 0 Å². The van der Waals surface area contributed by atoms with Gasteiger partial charge in [-0.05, 0) is 56.9 Å². The molecule has 26 heavy (non-hydrogen) atoms. The van der Waals surface area contributed by atoms with Gasteiger partial charge in [-0.15, -0.1) is 11.3 Å². The highest BCUT2D eigenvalue weighted by Crippen LogP contribution is 2.49. The summed E-state index contributed by atoms with van der Waals surface area (Å²) in [4.78, 5) is 37.9. The van der Waals surface area contributed by atoms with E-state index in [4.69, 9.17) is 4.74 Å². The fourth-order valence-corrected chi connectivity index (χ4v) is 5.43. The van der Waals surface area contributed by atoms with Crippen molar-refractivity contribution in [2.45, 2.75) is 46.0 Å². The van der Waals surface area contributed by atoms with Gasteiger partial charge in [-0.2, -0.15) is 0 Å². The number of carbonyl (C=O) groups is 3. The predicted octanol–water partition coefficient (Wildman–Crippen LogP) is 3.56. The lowest BCUT2D eigenvalue weighted by molar-refractivity contribution is -0.156. The molecule has 4 rings (SSSR count). The molecule has 2 N–H and O–H groups in total. The number of rotatable bonds is 6. The van der Waals surface area contributed by atoms with E-state index in [0.29, 0.717) is 10.6 Å². The summed E-state index contributed by atoms with van der Waals surface area (Å²) < 4.78 is 5.08. The third-order valence-electron chi connectivity index (χ3n) is 5.67. The van der Waals surface area contributed by atoms with E-state index >= 15 is 0 Å². The Morgan fingerprint density at radius 2 is 1.77 bits per heavy atom. The Balaban J connectivity index is 1.84. The highest BCUT2D eigenvalue weighted by atomic mass is 32.1. The Hall–Kier alpha value is -1.89. The molecular formula is C19H25NO5S. The lowest BCUT2D eigenvalue weighted by atomic mass is 9.58. The van der Waals surface area contributed by atoms with Crippen LogP contribution in [0.4, 0.5) is 5.00 Å². The van der Waals surface area contributed by atoms with Crippen LogP contribution in [0.1, 0.15) is 54.8 Å². The average molecular weight is 379 g/mol. The fraction of sp³-hybridized carbons (Fsp3) is 0.632. The number of aryl methyl sites for hydroxylation is 1. The van der Waals surface area contributed by atoms with Gasteiger partial charge in [-0.25, -0.2) is 4.79 Å². The summed E-state index contributed by atoms with van der Waals surface area (Å²) in [5.74, 6) is -2.59. The zero-order valence-electron chi connectivity index (χ0n) is 15.1. The number of thiophene rings is 1. The monoisotopic (exact) mass is 379 g/mol. The average Bonchev–Trinajstić information content (AvgIpc) is 3.05. The van der Waals surface area contributed by atoms with Crippen molar-refractivity contribution in [3.8, 4) is 0 Å². The number of ether oxygens (including phenoxy) is 1. The molecule has 2 atom stereocenters. The molecule has 142 valence electrons. The molecule has 7 heteroatoms. The lowest BCUT2D eigenvalue weighted by Crippen LogP contribution is -2.49. The lowest BCUT2D eigenvalue weighted by Gasteiger charge is -2.45. The molecule has 0 aliphatic heterocycles. The third-order valence-corrected chi connectivity index (χ3v) is 6.87. The quantitative estimate of drug-likeness (QED) is 0.737. The van der Waals surface area contributed by atoms with Crippen molar-refractivity contribution in [2.24, 2.45) is 23.7 Å². The van der Waals surface area contributed by atoms with Crippen LogP contribution in [0.5, 0.6) is 0 Å². The molecule has 1 aromatic heterocycles.